The number of carbonyl (C=O) groups is 1. The van der Waals surface area contributed by atoms with Crippen molar-refractivity contribution in [3.63, 3.8) is 0 Å². The van der Waals surface area contributed by atoms with Crippen LogP contribution in [0.5, 0.6) is 0 Å². The van der Waals surface area contributed by atoms with Gasteiger partial charge >= 0.3 is 6.09 Å². The maximum atomic E-state index is 11.6. The van der Waals surface area contributed by atoms with Crippen molar-refractivity contribution < 1.29 is 38.0 Å². The van der Waals surface area contributed by atoms with Gasteiger partial charge in [0, 0.05) is 13.2 Å². The molecule has 0 aliphatic rings. The second kappa shape index (κ2) is 26.3. The fourth-order valence-electron chi connectivity index (χ4n) is 3.01. The summed E-state index contributed by atoms with van der Waals surface area (Å²) in [4.78, 5) is 11.6. The summed E-state index contributed by atoms with van der Waals surface area (Å²) in [6.07, 6.45) is 5.81. The minimum absolute atomic E-state index is 0.249. The van der Waals surface area contributed by atoms with Crippen LogP contribution in [0.25, 0.3) is 0 Å². The number of ether oxygens (including phenoxy) is 7. The van der Waals surface area contributed by atoms with Gasteiger partial charge in [-0.1, -0.05) is 62.9 Å². The highest BCUT2D eigenvalue weighted by Gasteiger charge is 2.01. The standard InChI is InChI=1S/C27H47NO8/c1-2-3-4-5-9-13-30-15-17-32-19-21-34-23-24-35-22-20-33-18-16-31-14-12-28-27(29)36-25-26-10-7-6-8-11-26/h6-8,10-11H,2-5,9,12-25H2,1H3,(H,28,29). The number of amides is 1. The van der Waals surface area contributed by atoms with Crippen molar-refractivity contribution in [3.05, 3.63) is 35.9 Å². The number of alkyl carbamates (subject to hydrolysis) is 1. The highest BCUT2D eigenvalue weighted by atomic mass is 16.6. The maximum Gasteiger partial charge on any atom is 0.407 e. The summed E-state index contributed by atoms with van der Waals surface area (Å²) >= 11 is 0. The molecule has 0 aliphatic heterocycles. The molecule has 0 saturated carbocycles. The van der Waals surface area contributed by atoms with Crippen molar-refractivity contribution in [2.45, 2.75) is 45.6 Å². The monoisotopic (exact) mass is 513 g/mol. The number of nitrogens with one attached hydrogen (secondary N) is 1. The van der Waals surface area contributed by atoms with E-state index < -0.39 is 6.09 Å². The Morgan fingerprint density at radius 3 is 1.61 bits per heavy atom. The molecule has 1 rings (SSSR count). The quantitative estimate of drug-likeness (QED) is 0.186. The van der Waals surface area contributed by atoms with Gasteiger partial charge in [-0.25, -0.2) is 4.79 Å². The lowest BCUT2D eigenvalue weighted by molar-refractivity contribution is -0.0167. The summed E-state index contributed by atoms with van der Waals surface area (Å²) in [5.74, 6) is 0. The van der Waals surface area contributed by atoms with Gasteiger partial charge in [-0.05, 0) is 12.0 Å². The predicted octanol–water partition coefficient (Wildman–Crippen LogP) is 3.98. The van der Waals surface area contributed by atoms with Crippen molar-refractivity contribution in [1.29, 1.82) is 0 Å². The van der Waals surface area contributed by atoms with Crippen molar-refractivity contribution in [2.75, 3.05) is 85.8 Å². The third-order valence-electron chi connectivity index (χ3n) is 4.98. The van der Waals surface area contributed by atoms with Crippen molar-refractivity contribution >= 4 is 6.09 Å². The van der Waals surface area contributed by atoms with Gasteiger partial charge in [0.05, 0.1) is 72.7 Å². The largest absolute Gasteiger partial charge is 0.445 e. The van der Waals surface area contributed by atoms with Gasteiger partial charge in [-0.2, -0.15) is 0 Å². The third kappa shape index (κ3) is 22.7. The van der Waals surface area contributed by atoms with Crippen LogP contribution in [0.15, 0.2) is 30.3 Å². The summed E-state index contributed by atoms with van der Waals surface area (Å²) in [7, 11) is 0. The van der Waals surface area contributed by atoms with Gasteiger partial charge < -0.3 is 38.5 Å². The first kappa shape index (κ1) is 32.3. The molecule has 0 aliphatic carbocycles. The van der Waals surface area contributed by atoms with E-state index in [0.29, 0.717) is 79.2 Å². The average molecular weight is 514 g/mol. The lowest BCUT2D eigenvalue weighted by atomic mass is 10.2. The molecule has 0 fully saturated rings. The third-order valence-corrected chi connectivity index (χ3v) is 4.98. The van der Waals surface area contributed by atoms with E-state index in [9.17, 15) is 4.79 Å². The summed E-state index contributed by atoms with van der Waals surface area (Å²) in [5, 5.41) is 2.64. The van der Waals surface area contributed by atoms with Gasteiger partial charge in [0.15, 0.2) is 0 Å². The van der Waals surface area contributed by atoms with Crippen LogP contribution >= 0.6 is 0 Å². The molecule has 1 aromatic carbocycles. The number of hydrogen-bond acceptors (Lipinski definition) is 8. The van der Waals surface area contributed by atoms with Crippen LogP contribution in [0.2, 0.25) is 0 Å². The average Bonchev–Trinajstić information content (AvgIpc) is 2.90. The Hall–Kier alpha value is -1.75. The van der Waals surface area contributed by atoms with Crippen LogP contribution < -0.4 is 5.32 Å². The fourth-order valence-corrected chi connectivity index (χ4v) is 3.01. The molecular weight excluding hydrogens is 466 g/mol. The molecule has 0 heterocycles. The van der Waals surface area contributed by atoms with Crippen LogP contribution in [0.3, 0.4) is 0 Å². The summed E-state index contributed by atoms with van der Waals surface area (Å²) in [6, 6.07) is 9.53. The van der Waals surface area contributed by atoms with E-state index in [1.54, 1.807) is 0 Å². The summed E-state index contributed by atoms with van der Waals surface area (Å²) in [6.45, 7) is 9.40. The van der Waals surface area contributed by atoms with Crippen LogP contribution in [0.4, 0.5) is 4.79 Å². The molecule has 208 valence electrons. The number of benzene rings is 1. The second-order valence-corrected chi connectivity index (χ2v) is 8.08. The van der Waals surface area contributed by atoms with Crippen LogP contribution in [-0.2, 0) is 39.8 Å². The lowest BCUT2D eigenvalue weighted by Gasteiger charge is -2.09. The van der Waals surface area contributed by atoms with E-state index in [-0.39, 0.29) is 6.61 Å². The highest BCUT2D eigenvalue weighted by Crippen LogP contribution is 2.02. The first-order valence-corrected chi connectivity index (χ1v) is 13.2. The van der Waals surface area contributed by atoms with Crippen LogP contribution in [0.1, 0.15) is 44.6 Å². The van der Waals surface area contributed by atoms with Crippen LogP contribution in [0, 0.1) is 0 Å². The molecular formula is C27H47NO8. The zero-order valence-electron chi connectivity index (χ0n) is 22.1. The molecule has 0 atom stereocenters. The highest BCUT2D eigenvalue weighted by molar-refractivity contribution is 5.67. The maximum absolute atomic E-state index is 11.6. The predicted molar refractivity (Wildman–Crippen MR) is 138 cm³/mol. The Morgan fingerprint density at radius 2 is 1.08 bits per heavy atom. The topological polar surface area (TPSA) is 93.7 Å². The molecule has 0 unspecified atom stereocenters. The second-order valence-electron chi connectivity index (χ2n) is 8.08. The number of unbranched alkanes of at least 4 members (excludes halogenated alkanes) is 4. The van der Waals surface area contributed by atoms with E-state index in [4.69, 9.17) is 33.2 Å². The van der Waals surface area contributed by atoms with Gasteiger partial charge in [-0.3, -0.25) is 0 Å². The van der Waals surface area contributed by atoms with Gasteiger partial charge in [0.1, 0.15) is 6.61 Å². The molecule has 0 spiro atoms. The molecule has 0 saturated heterocycles. The van der Waals surface area contributed by atoms with Crippen molar-refractivity contribution in [2.24, 2.45) is 0 Å². The molecule has 0 aromatic heterocycles. The Bertz CT molecular complexity index is 590. The smallest absolute Gasteiger partial charge is 0.407 e. The number of hydrogen-bond donors (Lipinski definition) is 1. The minimum atomic E-state index is -0.458. The van der Waals surface area contributed by atoms with E-state index in [2.05, 4.69) is 12.2 Å². The first-order chi connectivity index (χ1) is 17.8. The Morgan fingerprint density at radius 1 is 0.611 bits per heavy atom. The van der Waals surface area contributed by atoms with E-state index >= 15 is 0 Å². The van der Waals surface area contributed by atoms with E-state index in [1.165, 1.54) is 25.7 Å². The van der Waals surface area contributed by atoms with Gasteiger partial charge in [0.25, 0.3) is 0 Å². The molecule has 0 bridgehead atoms. The Labute approximate surface area is 217 Å². The van der Waals surface area contributed by atoms with E-state index in [0.717, 1.165) is 18.6 Å². The molecule has 36 heavy (non-hydrogen) atoms. The van der Waals surface area contributed by atoms with Crippen molar-refractivity contribution in [1.82, 2.24) is 5.32 Å². The molecule has 1 amide bonds. The Kier molecular flexibility index (Phi) is 23.6. The van der Waals surface area contributed by atoms with Gasteiger partial charge in [0.2, 0.25) is 0 Å². The molecule has 9 heteroatoms. The summed E-state index contributed by atoms with van der Waals surface area (Å²) < 4.78 is 37.9. The minimum Gasteiger partial charge on any atom is -0.445 e. The zero-order valence-corrected chi connectivity index (χ0v) is 22.1. The van der Waals surface area contributed by atoms with E-state index in [1.807, 2.05) is 30.3 Å². The summed E-state index contributed by atoms with van der Waals surface area (Å²) in [5.41, 5.74) is 0.947. The molecule has 9 nitrogen and oxygen atoms in total. The molecule has 1 aromatic rings. The SMILES string of the molecule is CCCCCCCOCCOCCOCCOCCOCCOCCNC(=O)OCc1ccccc1. The normalized spacial score (nSPS) is 11.0. The van der Waals surface area contributed by atoms with Gasteiger partial charge in [-0.15, -0.1) is 0 Å². The molecule has 1 N–H and O–H groups in total. The fraction of sp³-hybridized carbons (Fsp3) is 0.741. The lowest BCUT2D eigenvalue weighted by Crippen LogP contribution is -2.28. The Balaban J connectivity index is 1.68. The first-order valence-electron chi connectivity index (χ1n) is 13.2. The number of rotatable bonds is 26. The van der Waals surface area contributed by atoms with Crippen molar-refractivity contribution in [3.8, 4) is 0 Å². The van der Waals surface area contributed by atoms with Crippen LogP contribution in [-0.4, -0.2) is 91.9 Å². The zero-order chi connectivity index (χ0) is 25.8. The number of carbonyl (C=O) groups excluding carboxylic acids is 1. The molecule has 0 radical (unpaired) electrons.